The predicted octanol–water partition coefficient (Wildman–Crippen LogP) is 0.552. The van der Waals surface area contributed by atoms with Crippen LogP contribution in [0.25, 0.3) is 0 Å². The Morgan fingerprint density at radius 1 is 1.33 bits per heavy atom. The van der Waals surface area contributed by atoms with E-state index in [0.29, 0.717) is 6.42 Å². The molecule has 0 aromatic carbocycles. The quantitative estimate of drug-likeness (QED) is 0.634. The number of hydrogen-bond donors (Lipinski definition) is 3. The third-order valence-electron chi connectivity index (χ3n) is 2.88. The molecule has 18 heavy (non-hydrogen) atoms. The van der Waals surface area contributed by atoms with E-state index in [1.165, 1.54) is 0 Å². The molecule has 0 rings (SSSR count). The van der Waals surface area contributed by atoms with Gasteiger partial charge in [-0.2, -0.15) is 0 Å². The van der Waals surface area contributed by atoms with E-state index in [-0.39, 0.29) is 17.7 Å². The van der Waals surface area contributed by atoms with Crippen LogP contribution < -0.4 is 10.6 Å². The molecule has 0 spiro atoms. The summed E-state index contributed by atoms with van der Waals surface area (Å²) >= 11 is 0. The first kappa shape index (κ1) is 16.9. The Hall–Kier alpha value is -1.11. The summed E-state index contributed by atoms with van der Waals surface area (Å²) in [6, 6.07) is -1.45. The zero-order valence-electron chi connectivity index (χ0n) is 11.2. The highest BCUT2D eigenvalue weighted by molar-refractivity contribution is 7.84. The fraction of sp³-hybridized carbons (Fsp3) is 0.818. The van der Waals surface area contributed by atoms with E-state index in [0.717, 1.165) is 0 Å². The van der Waals surface area contributed by atoms with Crippen LogP contribution in [0.1, 0.15) is 27.2 Å². The zero-order chi connectivity index (χ0) is 14.3. The summed E-state index contributed by atoms with van der Waals surface area (Å²) in [6.45, 7) is 5.63. The van der Waals surface area contributed by atoms with E-state index in [2.05, 4.69) is 10.6 Å². The summed E-state index contributed by atoms with van der Waals surface area (Å²) in [5, 5.41) is 13.8. The normalized spacial score (nSPS) is 17.3. The van der Waals surface area contributed by atoms with E-state index in [4.69, 9.17) is 5.11 Å². The second-order valence-electron chi connectivity index (χ2n) is 4.37. The fourth-order valence-corrected chi connectivity index (χ4v) is 1.55. The number of rotatable bonds is 7. The number of urea groups is 1. The van der Waals surface area contributed by atoms with Crippen LogP contribution in [0, 0.1) is 5.92 Å². The Morgan fingerprint density at radius 3 is 2.28 bits per heavy atom. The molecule has 0 fully saturated rings. The average Bonchev–Trinajstić information content (AvgIpc) is 2.31. The topological polar surface area (TPSA) is 95.5 Å². The lowest BCUT2D eigenvalue weighted by Gasteiger charge is -2.20. The first-order chi connectivity index (χ1) is 8.29. The molecule has 0 saturated carbocycles. The van der Waals surface area contributed by atoms with Gasteiger partial charge in [-0.1, -0.05) is 20.3 Å². The number of carbonyl (C=O) groups is 2. The van der Waals surface area contributed by atoms with Crippen LogP contribution in [0.2, 0.25) is 0 Å². The number of carbonyl (C=O) groups excluding carboxylic acids is 1. The van der Waals surface area contributed by atoms with Crippen LogP contribution in [0.4, 0.5) is 4.79 Å². The van der Waals surface area contributed by atoms with Crippen LogP contribution in [0.3, 0.4) is 0 Å². The molecular weight excluding hydrogens is 256 g/mol. The molecule has 2 amide bonds. The van der Waals surface area contributed by atoms with Gasteiger partial charge in [0.05, 0.1) is 0 Å². The maximum Gasteiger partial charge on any atom is 0.326 e. The fourth-order valence-electron chi connectivity index (χ4n) is 1.23. The maximum absolute atomic E-state index is 11.5. The Bertz CT molecular complexity index is 322. The Balaban J connectivity index is 4.27. The number of amides is 2. The molecule has 4 atom stereocenters. The first-order valence-electron chi connectivity index (χ1n) is 5.89. The monoisotopic (exact) mass is 278 g/mol. The second kappa shape index (κ2) is 8.07. The van der Waals surface area contributed by atoms with Gasteiger partial charge < -0.3 is 15.7 Å². The molecule has 0 aromatic rings. The Morgan fingerprint density at radius 2 is 1.89 bits per heavy atom. The van der Waals surface area contributed by atoms with Gasteiger partial charge in [-0.05, 0) is 12.8 Å². The van der Waals surface area contributed by atoms with E-state index in [9.17, 15) is 13.8 Å². The molecule has 0 aromatic heterocycles. The van der Waals surface area contributed by atoms with Crippen molar-refractivity contribution < 1.29 is 18.9 Å². The van der Waals surface area contributed by atoms with E-state index >= 15 is 0 Å². The van der Waals surface area contributed by atoms with Gasteiger partial charge in [0.1, 0.15) is 6.04 Å². The summed E-state index contributed by atoms with van der Waals surface area (Å²) in [5.41, 5.74) is 0. The van der Waals surface area contributed by atoms with Crippen molar-refractivity contribution >= 4 is 22.8 Å². The molecule has 0 aliphatic heterocycles. The van der Waals surface area contributed by atoms with Crippen molar-refractivity contribution in [1.29, 1.82) is 0 Å². The summed E-state index contributed by atoms with van der Waals surface area (Å²) in [5.74, 6) is -1.20. The third kappa shape index (κ3) is 6.00. The highest BCUT2D eigenvalue weighted by Gasteiger charge is 2.25. The van der Waals surface area contributed by atoms with Crippen molar-refractivity contribution in [3.05, 3.63) is 0 Å². The van der Waals surface area contributed by atoms with Gasteiger partial charge in [0.2, 0.25) is 0 Å². The number of carboxylic acid groups (broad SMARTS) is 1. The summed E-state index contributed by atoms with van der Waals surface area (Å²) in [4.78, 5) is 22.5. The van der Waals surface area contributed by atoms with Gasteiger partial charge in [0.25, 0.3) is 0 Å². The van der Waals surface area contributed by atoms with Crippen molar-refractivity contribution in [3.8, 4) is 0 Å². The lowest BCUT2D eigenvalue weighted by Crippen LogP contribution is -2.50. The predicted molar refractivity (Wildman–Crippen MR) is 70.9 cm³/mol. The lowest BCUT2D eigenvalue weighted by atomic mass is 9.99. The van der Waals surface area contributed by atoms with E-state index < -0.39 is 28.8 Å². The summed E-state index contributed by atoms with van der Waals surface area (Å²) in [6.07, 6.45) is 2.22. The van der Waals surface area contributed by atoms with Gasteiger partial charge >= 0.3 is 12.0 Å². The van der Waals surface area contributed by atoms with E-state index in [1.807, 2.05) is 6.92 Å². The Labute approximate surface area is 110 Å². The molecule has 0 aliphatic rings. The number of nitrogens with one attached hydrogen (secondary N) is 2. The van der Waals surface area contributed by atoms with Gasteiger partial charge in [-0.3, -0.25) is 4.21 Å². The van der Waals surface area contributed by atoms with Crippen molar-refractivity contribution in [1.82, 2.24) is 10.6 Å². The molecule has 0 heterocycles. The van der Waals surface area contributed by atoms with E-state index in [1.54, 1.807) is 20.1 Å². The third-order valence-corrected chi connectivity index (χ3v) is 4.18. The lowest BCUT2D eigenvalue weighted by molar-refractivity contribution is -0.140. The second-order valence-corrected chi connectivity index (χ2v) is 6.17. The molecular formula is C11H22N2O4S. The largest absolute Gasteiger partial charge is 0.480 e. The zero-order valence-corrected chi connectivity index (χ0v) is 12.0. The van der Waals surface area contributed by atoms with Crippen LogP contribution in [0.15, 0.2) is 0 Å². The van der Waals surface area contributed by atoms with Crippen molar-refractivity contribution in [2.75, 3.05) is 12.8 Å². The standard InChI is InChI=1S/C11H22N2O4S/c1-5-7(2)9(10(14)15)13-11(16)12-6-8(3)18(4)17/h7-9H,5-6H2,1-4H3,(H,14,15)(H2,12,13,16)/t7-,8?,9-,18?/m0/s1. The number of hydrogen-bond acceptors (Lipinski definition) is 3. The minimum absolute atomic E-state index is 0.147. The van der Waals surface area contributed by atoms with Crippen LogP contribution in [0.5, 0.6) is 0 Å². The highest BCUT2D eigenvalue weighted by Crippen LogP contribution is 2.07. The minimum atomic E-state index is -1.05. The summed E-state index contributed by atoms with van der Waals surface area (Å²) < 4.78 is 11.1. The van der Waals surface area contributed by atoms with Gasteiger partial charge in [0, 0.05) is 28.9 Å². The highest BCUT2D eigenvalue weighted by atomic mass is 32.2. The SMILES string of the molecule is CC[C@H](C)[C@H](NC(=O)NCC(C)S(C)=O)C(=O)O. The molecule has 6 nitrogen and oxygen atoms in total. The van der Waals surface area contributed by atoms with Gasteiger partial charge in [0.15, 0.2) is 0 Å². The van der Waals surface area contributed by atoms with Crippen molar-refractivity contribution in [3.63, 3.8) is 0 Å². The average molecular weight is 278 g/mol. The van der Waals surface area contributed by atoms with Crippen LogP contribution in [-0.4, -0.2) is 45.4 Å². The van der Waals surface area contributed by atoms with Gasteiger partial charge in [-0.25, -0.2) is 9.59 Å². The molecule has 106 valence electrons. The molecule has 7 heteroatoms. The molecule has 2 unspecified atom stereocenters. The summed E-state index contributed by atoms with van der Waals surface area (Å²) in [7, 11) is -1.02. The molecule has 0 saturated heterocycles. The van der Waals surface area contributed by atoms with Crippen LogP contribution in [-0.2, 0) is 15.6 Å². The smallest absolute Gasteiger partial charge is 0.326 e. The van der Waals surface area contributed by atoms with Gasteiger partial charge in [-0.15, -0.1) is 0 Å². The maximum atomic E-state index is 11.5. The van der Waals surface area contributed by atoms with Crippen LogP contribution >= 0.6 is 0 Å². The number of carboxylic acids is 1. The molecule has 0 aliphatic carbocycles. The van der Waals surface area contributed by atoms with Crippen molar-refractivity contribution in [2.24, 2.45) is 5.92 Å². The minimum Gasteiger partial charge on any atom is -0.480 e. The first-order valence-corrected chi connectivity index (χ1v) is 7.51. The number of aliphatic carboxylic acids is 1. The van der Waals surface area contributed by atoms with Crippen molar-refractivity contribution in [2.45, 2.75) is 38.5 Å². The molecule has 0 radical (unpaired) electrons. The molecule has 0 bridgehead atoms. The Kier molecular flexibility index (Phi) is 7.58. The molecule has 3 N–H and O–H groups in total.